The van der Waals surface area contributed by atoms with Gasteiger partial charge in [-0.25, -0.2) is 9.59 Å². The Morgan fingerprint density at radius 3 is 2.56 bits per heavy atom. The highest BCUT2D eigenvalue weighted by atomic mass is 16.6. The van der Waals surface area contributed by atoms with Crippen LogP contribution in [0.25, 0.3) is 0 Å². The molecule has 1 aliphatic rings. The van der Waals surface area contributed by atoms with Crippen molar-refractivity contribution in [1.29, 1.82) is 0 Å². The van der Waals surface area contributed by atoms with Crippen molar-refractivity contribution in [2.24, 2.45) is 5.73 Å². The number of nitrogens with two attached hydrogens (primary N) is 1. The van der Waals surface area contributed by atoms with Crippen molar-refractivity contribution < 1.29 is 14.3 Å². The number of rotatable bonds is 1. The van der Waals surface area contributed by atoms with Crippen molar-refractivity contribution in [3.05, 3.63) is 0 Å². The number of nitrogens with zero attached hydrogens (tertiary/aromatic N) is 1. The van der Waals surface area contributed by atoms with Gasteiger partial charge >= 0.3 is 12.1 Å². The summed E-state index contributed by atoms with van der Waals surface area (Å²) in [6.07, 6.45) is 0.364. The lowest BCUT2D eigenvalue weighted by atomic mass is 10.2. The highest BCUT2D eigenvalue weighted by Gasteiger charge is 2.29. The van der Waals surface area contributed by atoms with E-state index < -0.39 is 11.6 Å². The zero-order valence-electron chi connectivity index (χ0n) is 9.95. The molecule has 0 saturated carbocycles. The molecule has 1 heterocycles. The molecule has 16 heavy (non-hydrogen) atoms. The molecule has 0 aromatic rings. The van der Waals surface area contributed by atoms with Gasteiger partial charge in [0, 0.05) is 19.1 Å². The van der Waals surface area contributed by atoms with E-state index in [9.17, 15) is 9.59 Å². The summed E-state index contributed by atoms with van der Waals surface area (Å²) in [6.45, 7) is 6.50. The molecule has 0 radical (unpaired) electrons. The van der Waals surface area contributed by atoms with Crippen LogP contribution in [0.15, 0.2) is 0 Å². The normalized spacial score (nSPS) is 20.7. The number of hydrogen-bond donors (Lipinski definition) is 2. The molecule has 0 spiro atoms. The minimum atomic E-state index is -0.559. The third-order valence-corrected chi connectivity index (χ3v) is 2.19. The number of carbonyl (C=O) groups excluding carboxylic acids is 2. The summed E-state index contributed by atoms with van der Waals surface area (Å²) in [7, 11) is 0. The Kier molecular flexibility index (Phi) is 3.62. The van der Waals surface area contributed by atoms with Gasteiger partial charge in [0.2, 0.25) is 0 Å². The van der Waals surface area contributed by atoms with E-state index in [0.717, 1.165) is 0 Å². The Labute approximate surface area is 95.1 Å². The molecule has 6 nitrogen and oxygen atoms in total. The number of carbonyl (C=O) groups is 2. The van der Waals surface area contributed by atoms with E-state index in [4.69, 9.17) is 10.5 Å². The van der Waals surface area contributed by atoms with Crippen molar-refractivity contribution in [1.82, 2.24) is 10.2 Å². The van der Waals surface area contributed by atoms with E-state index in [0.29, 0.717) is 19.5 Å². The van der Waals surface area contributed by atoms with E-state index in [1.54, 1.807) is 4.90 Å². The SMILES string of the molecule is CC(C)(C)OC(=O)N1CC[C@@H](NC(N)=O)C1. The molecule has 1 saturated heterocycles. The van der Waals surface area contributed by atoms with Crippen LogP contribution in [0, 0.1) is 0 Å². The van der Waals surface area contributed by atoms with E-state index in [2.05, 4.69) is 5.32 Å². The predicted molar refractivity (Wildman–Crippen MR) is 58.9 cm³/mol. The van der Waals surface area contributed by atoms with Crippen LogP contribution >= 0.6 is 0 Å². The molecule has 3 amide bonds. The number of likely N-dealkylation sites (tertiary alicyclic amines) is 1. The molecular weight excluding hydrogens is 210 g/mol. The second-order valence-corrected chi connectivity index (χ2v) is 4.92. The maximum atomic E-state index is 11.7. The maximum absolute atomic E-state index is 11.7. The van der Waals surface area contributed by atoms with Gasteiger partial charge in [-0.3, -0.25) is 0 Å². The second kappa shape index (κ2) is 4.59. The highest BCUT2D eigenvalue weighted by Crippen LogP contribution is 2.15. The van der Waals surface area contributed by atoms with E-state index in [1.807, 2.05) is 20.8 Å². The van der Waals surface area contributed by atoms with Gasteiger partial charge in [0.1, 0.15) is 5.60 Å². The van der Waals surface area contributed by atoms with Crippen LogP contribution in [0.3, 0.4) is 0 Å². The first-order valence-electron chi connectivity index (χ1n) is 5.32. The number of ether oxygens (including phenoxy) is 1. The van der Waals surface area contributed by atoms with Crippen molar-refractivity contribution in [2.45, 2.75) is 38.8 Å². The van der Waals surface area contributed by atoms with E-state index in [1.165, 1.54) is 0 Å². The number of nitrogens with one attached hydrogen (secondary N) is 1. The van der Waals surface area contributed by atoms with Crippen LogP contribution < -0.4 is 11.1 Å². The topological polar surface area (TPSA) is 84.7 Å². The molecule has 3 N–H and O–H groups in total. The fourth-order valence-corrected chi connectivity index (χ4v) is 1.57. The van der Waals surface area contributed by atoms with Crippen LogP contribution in [0.5, 0.6) is 0 Å². The number of primary amides is 1. The molecule has 1 aliphatic heterocycles. The molecule has 0 unspecified atom stereocenters. The third-order valence-electron chi connectivity index (χ3n) is 2.19. The summed E-state index contributed by atoms with van der Waals surface area (Å²) in [6, 6.07) is -0.624. The summed E-state index contributed by atoms with van der Waals surface area (Å²) in [5.41, 5.74) is 4.52. The third kappa shape index (κ3) is 3.96. The van der Waals surface area contributed by atoms with Gasteiger partial charge < -0.3 is 20.7 Å². The van der Waals surface area contributed by atoms with E-state index in [-0.39, 0.29) is 12.1 Å². The van der Waals surface area contributed by atoms with Gasteiger partial charge in [0.05, 0.1) is 0 Å². The molecule has 1 rings (SSSR count). The van der Waals surface area contributed by atoms with Gasteiger partial charge in [-0.1, -0.05) is 0 Å². The zero-order valence-corrected chi connectivity index (χ0v) is 9.95. The van der Waals surface area contributed by atoms with Crippen LogP contribution in [-0.2, 0) is 4.74 Å². The minimum Gasteiger partial charge on any atom is -0.444 e. The fourth-order valence-electron chi connectivity index (χ4n) is 1.57. The van der Waals surface area contributed by atoms with Gasteiger partial charge in [-0.2, -0.15) is 0 Å². The molecule has 1 fully saturated rings. The molecule has 92 valence electrons. The Balaban J connectivity index is 2.41. The van der Waals surface area contributed by atoms with Crippen molar-refractivity contribution in [3.8, 4) is 0 Å². The molecular formula is C10H19N3O3. The van der Waals surface area contributed by atoms with Crippen LogP contribution in [0.1, 0.15) is 27.2 Å². The molecule has 0 aliphatic carbocycles. The fraction of sp³-hybridized carbons (Fsp3) is 0.800. The van der Waals surface area contributed by atoms with Gasteiger partial charge in [0.15, 0.2) is 0 Å². The molecule has 1 atom stereocenters. The van der Waals surface area contributed by atoms with Gasteiger partial charge in [-0.05, 0) is 27.2 Å². The van der Waals surface area contributed by atoms with Gasteiger partial charge in [0.25, 0.3) is 0 Å². The Morgan fingerprint density at radius 2 is 2.06 bits per heavy atom. The molecule has 0 aromatic carbocycles. The minimum absolute atomic E-state index is 0.0648. The zero-order chi connectivity index (χ0) is 12.3. The van der Waals surface area contributed by atoms with Crippen LogP contribution in [-0.4, -0.2) is 41.8 Å². The Bertz CT molecular complexity index is 286. The van der Waals surface area contributed by atoms with E-state index >= 15 is 0 Å². The average molecular weight is 229 g/mol. The van der Waals surface area contributed by atoms with Crippen molar-refractivity contribution >= 4 is 12.1 Å². The average Bonchev–Trinajstić information content (AvgIpc) is 2.48. The first-order chi connectivity index (χ1) is 7.28. The summed E-state index contributed by atoms with van der Waals surface area (Å²) >= 11 is 0. The number of hydrogen-bond acceptors (Lipinski definition) is 3. The first-order valence-corrected chi connectivity index (χ1v) is 5.32. The molecule has 0 bridgehead atoms. The Hall–Kier alpha value is -1.46. The summed E-state index contributed by atoms with van der Waals surface area (Å²) in [5, 5.41) is 2.58. The number of amides is 3. The lowest BCUT2D eigenvalue weighted by Gasteiger charge is -2.24. The quantitative estimate of drug-likeness (QED) is 0.692. The van der Waals surface area contributed by atoms with Crippen molar-refractivity contribution in [2.75, 3.05) is 13.1 Å². The van der Waals surface area contributed by atoms with Crippen LogP contribution in [0.4, 0.5) is 9.59 Å². The molecule has 6 heteroatoms. The smallest absolute Gasteiger partial charge is 0.410 e. The van der Waals surface area contributed by atoms with Crippen molar-refractivity contribution in [3.63, 3.8) is 0 Å². The molecule has 0 aromatic heterocycles. The largest absolute Gasteiger partial charge is 0.444 e. The monoisotopic (exact) mass is 229 g/mol. The highest BCUT2D eigenvalue weighted by molar-refractivity contribution is 5.72. The van der Waals surface area contributed by atoms with Crippen LogP contribution in [0.2, 0.25) is 0 Å². The lowest BCUT2D eigenvalue weighted by Crippen LogP contribution is -2.42. The standard InChI is InChI=1S/C10H19N3O3/c1-10(2,3)16-9(15)13-5-4-7(6-13)12-8(11)14/h7H,4-6H2,1-3H3,(H3,11,12,14)/t7-/m1/s1. The maximum Gasteiger partial charge on any atom is 0.410 e. The summed E-state index contributed by atoms with van der Waals surface area (Å²) in [5.74, 6) is 0. The second-order valence-electron chi connectivity index (χ2n) is 4.92. The Morgan fingerprint density at radius 1 is 1.44 bits per heavy atom. The lowest BCUT2D eigenvalue weighted by molar-refractivity contribution is 0.0291. The number of urea groups is 1. The summed E-state index contributed by atoms with van der Waals surface area (Å²) < 4.78 is 5.22. The first kappa shape index (κ1) is 12.6. The summed E-state index contributed by atoms with van der Waals surface area (Å²) in [4.78, 5) is 23.9. The predicted octanol–water partition coefficient (Wildman–Crippen LogP) is 0.664. The van der Waals surface area contributed by atoms with Gasteiger partial charge in [-0.15, -0.1) is 0 Å².